The predicted molar refractivity (Wildman–Crippen MR) is 318 cm³/mol. The third kappa shape index (κ3) is 59.3. The smallest absolute Gasteiger partial charge is 0.306 e. The van der Waals surface area contributed by atoms with Gasteiger partial charge < -0.3 is 27.9 Å². The van der Waals surface area contributed by atoms with E-state index in [2.05, 4.69) is 148 Å². The van der Waals surface area contributed by atoms with Crippen molar-refractivity contribution in [3.05, 3.63) is 134 Å². The number of esters is 2. The lowest BCUT2D eigenvalue weighted by molar-refractivity contribution is -0.870. The first-order chi connectivity index (χ1) is 36.5. The molecule has 0 radical (unpaired) electrons. The van der Waals surface area contributed by atoms with Crippen LogP contribution in [-0.4, -0.2) is 70.0 Å². The SMILES string of the molecule is CC/C=C\C/C=C\C/C=C\C/C=C\C/C=C\C/C=C\C/C=C\C/C=C\C/C=C\CCCCCCCCCC(=O)OC(COC(=O)CCCCCCC/C=C\C/C=C\CCCCCC)COP(=O)([O-])OCC[N+](C)(C)C. The number of hydrogen-bond acceptors (Lipinski definition) is 8. The van der Waals surface area contributed by atoms with E-state index in [9.17, 15) is 19.0 Å². The summed E-state index contributed by atoms with van der Waals surface area (Å²) in [6.45, 7) is 4.06. The number of allylic oxidation sites excluding steroid dienone is 22. The van der Waals surface area contributed by atoms with Crippen molar-refractivity contribution < 1.29 is 42.1 Å². The van der Waals surface area contributed by atoms with E-state index in [1.54, 1.807) is 0 Å². The highest BCUT2D eigenvalue weighted by Gasteiger charge is 2.21. The zero-order valence-electron chi connectivity index (χ0n) is 48.2. The van der Waals surface area contributed by atoms with Crippen LogP contribution in [0.25, 0.3) is 0 Å². The summed E-state index contributed by atoms with van der Waals surface area (Å²) >= 11 is 0. The van der Waals surface area contributed by atoms with Crippen LogP contribution in [0, 0.1) is 0 Å². The highest BCUT2D eigenvalue weighted by Crippen LogP contribution is 2.38. The largest absolute Gasteiger partial charge is 0.756 e. The summed E-state index contributed by atoms with van der Waals surface area (Å²) in [5.41, 5.74) is 0. The average molecular weight is 1060 g/mol. The van der Waals surface area contributed by atoms with Gasteiger partial charge in [0.15, 0.2) is 6.10 Å². The molecule has 0 aromatic rings. The van der Waals surface area contributed by atoms with Crippen molar-refractivity contribution in [3.63, 3.8) is 0 Å². The molecule has 0 amide bonds. The van der Waals surface area contributed by atoms with Crippen LogP contribution in [0.1, 0.15) is 213 Å². The second-order valence-electron chi connectivity index (χ2n) is 20.3. The first kappa shape index (κ1) is 71.2. The van der Waals surface area contributed by atoms with E-state index in [-0.39, 0.29) is 26.1 Å². The molecule has 0 bridgehead atoms. The second kappa shape index (κ2) is 54.9. The van der Waals surface area contributed by atoms with Crippen LogP contribution in [-0.2, 0) is 32.7 Å². The standard InChI is InChI=1S/C65H108NO8P/c1-6-8-10-12-14-16-18-20-22-24-25-26-27-28-29-30-31-32-33-34-35-36-37-38-39-40-41-42-44-46-48-50-52-54-56-58-65(68)74-63(62-73-75(69,70)72-60-59-66(3,4)5)61-71-64(67)57-55-53-51-49-47-45-43-23-21-19-17-15-13-11-9-7-2/h8,10,14,16-17,19-20,22-23,25-26,28-29,31-32,34-35,37-38,40-41,43,63H,6-7,9,11-13,15,18,21,24,27,30,33,36,39,42,44-62H2,1-5H3/b10-8-,16-14-,19-17-,22-20-,26-25-,29-28-,32-31-,35-34-,38-37-,41-40-,43-23-. The Balaban J connectivity index is 4.21. The van der Waals surface area contributed by atoms with Crippen LogP contribution in [0.3, 0.4) is 0 Å². The number of unbranched alkanes of at least 4 members (excludes halogenated alkanes) is 16. The molecule has 0 heterocycles. The molecule has 0 aromatic heterocycles. The Bertz CT molecular complexity index is 1730. The van der Waals surface area contributed by atoms with E-state index in [1.165, 1.54) is 44.9 Å². The van der Waals surface area contributed by atoms with Gasteiger partial charge in [-0.25, -0.2) is 0 Å². The molecule has 0 fully saturated rings. The monoisotopic (exact) mass is 1060 g/mol. The van der Waals surface area contributed by atoms with Gasteiger partial charge in [0.1, 0.15) is 19.8 Å². The van der Waals surface area contributed by atoms with E-state index in [0.29, 0.717) is 23.9 Å². The molecule has 426 valence electrons. The van der Waals surface area contributed by atoms with Gasteiger partial charge in [-0.2, -0.15) is 0 Å². The van der Waals surface area contributed by atoms with E-state index >= 15 is 0 Å². The lowest BCUT2D eigenvalue weighted by Crippen LogP contribution is -2.37. The molecule has 0 saturated carbocycles. The third-order valence-electron chi connectivity index (χ3n) is 11.9. The highest BCUT2D eigenvalue weighted by molar-refractivity contribution is 7.45. The Labute approximate surface area is 460 Å². The van der Waals surface area contributed by atoms with Crippen molar-refractivity contribution in [3.8, 4) is 0 Å². The first-order valence-electron chi connectivity index (χ1n) is 29.4. The summed E-state index contributed by atoms with van der Waals surface area (Å²) < 4.78 is 34.1. The minimum absolute atomic E-state index is 0.0427. The molecule has 2 unspecified atom stereocenters. The molecule has 2 atom stereocenters. The van der Waals surface area contributed by atoms with Gasteiger partial charge in [-0.3, -0.25) is 14.2 Å². The molecule has 75 heavy (non-hydrogen) atoms. The fraction of sp³-hybridized carbons (Fsp3) is 0.631. The number of hydrogen-bond donors (Lipinski definition) is 0. The van der Waals surface area contributed by atoms with Gasteiger partial charge in [-0.05, 0) is 116 Å². The summed E-state index contributed by atoms with van der Waals surface area (Å²) in [7, 11) is 1.13. The topological polar surface area (TPSA) is 111 Å². The van der Waals surface area contributed by atoms with Gasteiger partial charge in [0.05, 0.1) is 27.7 Å². The Morgan fingerprint density at radius 2 is 0.760 bits per heavy atom. The average Bonchev–Trinajstić information content (AvgIpc) is 3.37. The number of likely N-dealkylation sites (N-methyl/N-ethyl adjacent to an activating group) is 1. The van der Waals surface area contributed by atoms with E-state index < -0.39 is 32.5 Å². The first-order valence-corrected chi connectivity index (χ1v) is 30.9. The van der Waals surface area contributed by atoms with Crippen LogP contribution in [0.15, 0.2) is 134 Å². The van der Waals surface area contributed by atoms with Crippen LogP contribution in [0.5, 0.6) is 0 Å². The van der Waals surface area contributed by atoms with Crippen LogP contribution in [0.2, 0.25) is 0 Å². The minimum Gasteiger partial charge on any atom is -0.756 e. The van der Waals surface area contributed by atoms with Crippen molar-refractivity contribution in [2.24, 2.45) is 0 Å². The maximum atomic E-state index is 12.8. The number of rotatable bonds is 52. The number of ether oxygens (including phenoxy) is 2. The van der Waals surface area contributed by atoms with Crippen LogP contribution >= 0.6 is 7.82 Å². The molecule has 0 spiro atoms. The molecule has 0 aliphatic heterocycles. The minimum atomic E-state index is -4.65. The van der Waals surface area contributed by atoms with Gasteiger partial charge in [0, 0.05) is 12.8 Å². The summed E-state index contributed by atoms with van der Waals surface area (Å²) in [4.78, 5) is 37.8. The number of phosphoric ester groups is 1. The van der Waals surface area contributed by atoms with Crippen LogP contribution in [0.4, 0.5) is 0 Å². The molecule has 10 heteroatoms. The van der Waals surface area contributed by atoms with E-state index in [1.807, 2.05) is 21.1 Å². The summed E-state index contributed by atoms with van der Waals surface area (Å²) in [5, 5.41) is 0. The maximum Gasteiger partial charge on any atom is 0.306 e. The fourth-order valence-electron chi connectivity index (χ4n) is 7.38. The number of phosphoric acid groups is 1. The van der Waals surface area contributed by atoms with Gasteiger partial charge in [-0.1, -0.05) is 218 Å². The lowest BCUT2D eigenvalue weighted by atomic mass is 10.1. The number of quaternary nitrogens is 1. The van der Waals surface area contributed by atoms with Gasteiger partial charge in [0.2, 0.25) is 0 Å². The Kier molecular flexibility index (Phi) is 52.1. The summed E-state index contributed by atoms with van der Waals surface area (Å²) in [6, 6.07) is 0. The van der Waals surface area contributed by atoms with E-state index in [0.717, 1.165) is 128 Å². The summed E-state index contributed by atoms with van der Waals surface area (Å²) in [6.07, 6.45) is 79.2. The highest BCUT2D eigenvalue weighted by atomic mass is 31.2. The molecule has 9 nitrogen and oxygen atoms in total. The molecule has 0 N–H and O–H groups in total. The van der Waals surface area contributed by atoms with Gasteiger partial charge in [-0.15, -0.1) is 0 Å². The quantitative estimate of drug-likeness (QED) is 0.0195. The summed E-state index contributed by atoms with van der Waals surface area (Å²) in [5.74, 6) is -0.872. The molecule has 0 rings (SSSR count). The maximum absolute atomic E-state index is 12.8. The zero-order chi connectivity index (χ0) is 54.9. The van der Waals surface area contributed by atoms with Crippen LogP contribution < -0.4 is 4.89 Å². The molecular formula is C65H108NO8P. The number of carbonyl (C=O) groups excluding carboxylic acids is 2. The zero-order valence-corrected chi connectivity index (χ0v) is 49.1. The van der Waals surface area contributed by atoms with Crippen molar-refractivity contribution in [2.45, 2.75) is 219 Å². The van der Waals surface area contributed by atoms with Crippen molar-refractivity contribution in [1.82, 2.24) is 0 Å². The molecule has 0 saturated heterocycles. The Morgan fingerprint density at radius 3 is 1.13 bits per heavy atom. The Hall–Kier alpha value is -3.85. The molecular weight excluding hydrogens is 954 g/mol. The normalized spacial score (nSPS) is 14.3. The van der Waals surface area contributed by atoms with Crippen molar-refractivity contribution in [2.75, 3.05) is 47.5 Å². The van der Waals surface area contributed by atoms with Gasteiger partial charge in [0.25, 0.3) is 7.82 Å². The molecule has 0 aliphatic carbocycles. The van der Waals surface area contributed by atoms with Crippen molar-refractivity contribution in [1.29, 1.82) is 0 Å². The number of nitrogens with zero attached hydrogens (tertiary/aromatic N) is 1. The lowest BCUT2D eigenvalue weighted by Gasteiger charge is -2.28. The van der Waals surface area contributed by atoms with Gasteiger partial charge >= 0.3 is 11.9 Å². The molecule has 0 aliphatic rings. The fourth-order valence-corrected chi connectivity index (χ4v) is 8.11. The van der Waals surface area contributed by atoms with Crippen molar-refractivity contribution >= 4 is 19.8 Å². The molecule has 0 aromatic carbocycles. The Morgan fingerprint density at radius 1 is 0.427 bits per heavy atom. The predicted octanol–water partition coefficient (Wildman–Crippen LogP) is 17.9. The number of carbonyl (C=O) groups is 2. The second-order valence-corrected chi connectivity index (χ2v) is 21.7. The van der Waals surface area contributed by atoms with E-state index in [4.69, 9.17) is 18.5 Å². The third-order valence-corrected chi connectivity index (χ3v) is 12.9.